The fourth-order valence-electron chi connectivity index (χ4n) is 5.82. The van der Waals surface area contributed by atoms with Gasteiger partial charge >= 0.3 is 0 Å². The largest absolute Gasteiger partial charge is 0.492 e. The zero-order valence-electron chi connectivity index (χ0n) is 14.2. The number of rotatable bonds is 2. The minimum atomic E-state index is -0.475. The van der Waals surface area contributed by atoms with E-state index in [0.29, 0.717) is 18.0 Å². The Morgan fingerprint density at radius 3 is 3.00 bits per heavy atom. The predicted octanol–water partition coefficient (Wildman–Crippen LogP) is 0.406. The van der Waals surface area contributed by atoms with Gasteiger partial charge in [-0.2, -0.15) is 0 Å². The van der Waals surface area contributed by atoms with Crippen LogP contribution in [0.2, 0.25) is 0 Å². The molecule has 7 nitrogen and oxygen atoms in total. The second kappa shape index (κ2) is 4.59. The van der Waals surface area contributed by atoms with Crippen molar-refractivity contribution in [3.63, 3.8) is 0 Å². The first-order valence-electron chi connectivity index (χ1n) is 8.80. The fraction of sp³-hybridized carbons (Fsp3) is 0.667. The number of methoxy groups -OCH3 is 2. The topological polar surface area (TPSA) is 72.9 Å². The highest BCUT2D eigenvalue weighted by molar-refractivity contribution is 5.64. The molecule has 7 atom stereocenters. The van der Waals surface area contributed by atoms with Crippen LogP contribution in [0, 0.1) is 0 Å². The van der Waals surface area contributed by atoms with Crippen LogP contribution in [0.5, 0.6) is 17.2 Å². The normalized spacial score (nSPS) is 44.8. The average molecular weight is 347 g/mol. The van der Waals surface area contributed by atoms with Gasteiger partial charge in [0.1, 0.15) is 12.2 Å². The molecule has 7 heteroatoms. The molecule has 5 aliphatic rings. The van der Waals surface area contributed by atoms with E-state index < -0.39 is 11.5 Å². The lowest BCUT2D eigenvalue weighted by molar-refractivity contribution is 0.0134. The molecule has 1 N–H and O–H groups in total. The number of hydrogen-bond acceptors (Lipinski definition) is 7. The number of hydrogen-bond donors (Lipinski definition) is 1. The average Bonchev–Trinajstić information content (AvgIpc) is 3.24. The highest BCUT2D eigenvalue weighted by Crippen LogP contribution is 2.63. The Hall–Kier alpha value is -1.54. The highest BCUT2D eigenvalue weighted by atomic mass is 16.7. The van der Waals surface area contributed by atoms with Crippen molar-refractivity contribution in [2.45, 2.75) is 48.8 Å². The summed E-state index contributed by atoms with van der Waals surface area (Å²) in [7, 11) is 3.40. The molecule has 0 aromatic heterocycles. The molecular weight excluding hydrogens is 326 g/mol. The number of aliphatic hydroxyl groups excluding tert-OH is 1. The molecule has 1 unspecified atom stereocenters. The van der Waals surface area contributed by atoms with Crippen LogP contribution >= 0.6 is 0 Å². The smallest absolute Gasteiger partial charge is 0.231 e. The van der Waals surface area contributed by atoms with Crippen molar-refractivity contribution in [3.8, 4) is 17.2 Å². The second-order valence-corrected chi connectivity index (χ2v) is 7.59. The molecule has 4 heterocycles. The number of nitrogens with zero attached hydrogens (tertiary/aromatic N) is 1. The van der Waals surface area contributed by atoms with Gasteiger partial charge in [0.25, 0.3) is 0 Å². The van der Waals surface area contributed by atoms with Gasteiger partial charge in [-0.15, -0.1) is 0 Å². The van der Waals surface area contributed by atoms with Crippen molar-refractivity contribution in [3.05, 3.63) is 17.2 Å². The molecule has 6 rings (SSSR count). The monoisotopic (exact) mass is 347 g/mol. The van der Waals surface area contributed by atoms with Crippen molar-refractivity contribution >= 4 is 0 Å². The molecule has 1 aromatic carbocycles. The summed E-state index contributed by atoms with van der Waals surface area (Å²) >= 11 is 0. The summed E-state index contributed by atoms with van der Waals surface area (Å²) in [5.41, 5.74) is 1.74. The molecule has 2 saturated heterocycles. The quantitative estimate of drug-likeness (QED) is 0.777. The first kappa shape index (κ1) is 14.6. The maximum atomic E-state index is 11.1. The molecule has 0 radical (unpaired) electrons. The van der Waals surface area contributed by atoms with E-state index in [1.807, 2.05) is 6.07 Å². The molecule has 1 saturated carbocycles. The highest BCUT2D eigenvalue weighted by Gasteiger charge is 2.74. The van der Waals surface area contributed by atoms with Gasteiger partial charge in [0, 0.05) is 31.8 Å². The van der Waals surface area contributed by atoms with E-state index in [9.17, 15) is 5.11 Å². The molecule has 25 heavy (non-hydrogen) atoms. The third-order valence-corrected chi connectivity index (χ3v) is 6.83. The number of epoxide rings is 1. The van der Waals surface area contributed by atoms with Crippen LogP contribution in [-0.4, -0.2) is 68.0 Å². The van der Waals surface area contributed by atoms with Crippen molar-refractivity contribution < 1.29 is 28.8 Å². The number of aliphatic hydroxyl groups is 1. The van der Waals surface area contributed by atoms with Crippen molar-refractivity contribution in [1.29, 1.82) is 0 Å². The number of benzene rings is 1. The van der Waals surface area contributed by atoms with Crippen molar-refractivity contribution in [1.82, 2.24) is 4.90 Å². The van der Waals surface area contributed by atoms with Crippen LogP contribution in [0.4, 0.5) is 0 Å². The van der Waals surface area contributed by atoms with E-state index in [0.717, 1.165) is 29.8 Å². The summed E-state index contributed by atoms with van der Waals surface area (Å²) in [5.74, 6) is 2.10. The molecule has 4 aliphatic heterocycles. The van der Waals surface area contributed by atoms with Gasteiger partial charge in [-0.25, -0.2) is 0 Å². The summed E-state index contributed by atoms with van der Waals surface area (Å²) in [6.07, 6.45) is 0.508. The zero-order valence-corrected chi connectivity index (χ0v) is 14.2. The van der Waals surface area contributed by atoms with E-state index in [4.69, 9.17) is 23.7 Å². The van der Waals surface area contributed by atoms with Crippen LogP contribution in [0.1, 0.15) is 17.5 Å². The standard InChI is InChI=1S/C18H21NO6/c1-21-10-4-12-18(17-16(10)25-17)9-3-11-15(24-7-23-11)14(22-2)8(9)5-19(12)6-13(18)20/h3,10,12-13,16-17,20H,4-7H2,1-2H3/t10-,12-,13+,16+,17+,18+/m1/s1. The molecule has 3 fully saturated rings. The molecule has 0 amide bonds. The SMILES string of the molecule is COc1c2c(cc3c1OCO3)[C@@]13[C@@H](O)CN(C2)[C@@H]1C[C@@H](OC)[C@@H]1O[C@@H]13. The summed E-state index contributed by atoms with van der Waals surface area (Å²) < 4.78 is 28.7. The molecule has 2 bridgehead atoms. The van der Waals surface area contributed by atoms with Crippen LogP contribution < -0.4 is 14.2 Å². The van der Waals surface area contributed by atoms with Gasteiger partial charge in [-0.1, -0.05) is 0 Å². The predicted molar refractivity (Wildman–Crippen MR) is 85.1 cm³/mol. The number of fused-ring (bicyclic) bond motifs is 3. The molecule has 1 aliphatic carbocycles. The Morgan fingerprint density at radius 2 is 2.20 bits per heavy atom. The second-order valence-electron chi connectivity index (χ2n) is 7.59. The van der Waals surface area contributed by atoms with E-state index in [-0.39, 0.29) is 31.1 Å². The van der Waals surface area contributed by atoms with Crippen molar-refractivity contribution in [2.75, 3.05) is 27.6 Å². The van der Waals surface area contributed by atoms with E-state index in [1.165, 1.54) is 0 Å². The Labute approximate surface area is 145 Å². The van der Waals surface area contributed by atoms with Gasteiger partial charge in [0.05, 0.1) is 24.7 Å². The van der Waals surface area contributed by atoms with E-state index >= 15 is 0 Å². The summed E-state index contributed by atoms with van der Waals surface area (Å²) in [6.45, 7) is 1.57. The van der Waals surface area contributed by atoms with Gasteiger partial charge in [0.2, 0.25) is 12.5 Å². The summed E-state index contributed by atoms with van der Waals surface area (Å²) in [6, 6.07) is 2.25. The Morgan fingerprint density at radius 1 is 1.32 bits per heavy atom. The minimum absolute atomic E-state index is 0.0275. The third kappa shape index (κ3) is 1.53. The lowest BCUT2D eigenvalue weighted by Gasteiger charge is -2.47. The van der Waals surface area contributed by atoms with Gasteiger partial charge < -0.3 is 28.8 Å². The van der Waals surface area contributed by atoms with E-state index in [1.54, 1.807) is 14.2 Å². The third-order valence-electron chi connectivity index (χ3n) is 6.83. The molecule has 134 valence electrons. The summed E-state index contributed by atoms with van der Waals surface area (Å²) in [4.78, 5) is 2.35. The van der Waals surface area contributed by atoms with Gasteiger partial charge in [-0.05, 0) is 18.1 Å². The van der Waals surface area contributed by atoms with Crippen LogP contribution in [-0.2, 0) is 21.4 Å². The Kier molecular flexibility index (Phi) is 2.68. The zero-order chi connectivity index (χ0) is 16.9. The van der Waals surface area contributed by atoms with E-state index in [2.05, 4.69) is 4.90 Å². The lowest BCUT2D eigenvalue weighted by atomic mass is 9.61. The summed E-state index contributed by atoms with van der Waals surface area (Å²) in [5, 5.41) is 11.1. The van der Waals surface area contributed by atoms with Crippen LogP contribution in [0.15, 0.2) is 6.07 Å². The first-order valence-corrected chi connectivity index (χ1v) is 8.80. The Balaban J connectivity index is 1.60. The Bertz CT molecular complexity index is 768. The van der Waals surface area contributed by atoms with Crippen LogP contribution in [0.3, 0.4) is 0 Å². The maximum absolute atomic E-state index is 11.1. The molecule has 0 spiro atoms. The van der Waals surface area contributed by atoms with Gasteiger partial charge in [0.15, 0.2) is 11.5 Å². The molecule has 1 aromatic rings. The number of ether oxygens (including phenoxy) is 5. The van der Waals surface area contributed by atoms with Crippen molar-refractivity contribution in [2.24, 2.45) is 0 Å². The van der Waals surface area contributed by atoms with Gasteiger partial charge in [-0.3, -0.25) is 4.90 Å². The molecular formula is C18H21NO6. The maximum Gasteiger partial charge on any atom is 0.231 e. The van der Waals surface area contributed by atoms with Crippen LogP contribution in [0.25, 0.3) is 0 Å². The minimum Gasteiger partial charge on any atom is -0.492 e. The first-order chi connectivity index (χ1) is 12.2. The fourth-order valence-corrected chi connectivity index (χ4v) is 5.82. The lowest BCUT2D eigenvalue weighted by Crippen LogP contribution is -2.59.